The predicted molar refractivity (Wildman–Crippen MR) is 130 cm³/mol. The second-order valence-electron chi connectivity index (χ2n) is 8.83. The maximum atomic E-state index is 13.0. The van der Waals surface area contributed by atoms with Crippen LogP contribution in [0, 0.1) is 11.8 Å². The first-order valence-corrected chi connectivity index (χ1v) is 11.8. The lowest BCUT2D eigenvalue weighted by molar-refractivity contribution is -0.137. The third-order valence-electron chi connectivity index (χ3n) is 6.58. The molecule has 0 aromatic carbocycles. The highest BCUT2D eigenvalue weighted by molar-refractivity contribution is 5.92. The van der Waals surface area contributed by atoms with E-state index in [0.29, 0.717) is 5.69 Å². The van der Waals surface area contributed by atoms with Crippen molar-refractivity contribution in [1.82, 2.24) is 34.7 Å². The fourth-order valence-corrected chi connectivity index (χ4v) is 4.33. The molecule has 5 N–H and O–H groups in total. The molecule has 1 saturated heterocycles. The summed E-state index contributed by atoms with van der Waals surface area (Å²) in [5.41, 5.74) is 6.90. The maximum Gasteiger partial charge on any atom is 0.273 e. The van der Waals surface area contributed by atoms with Gasteiger partial charge in [-0.15, -0.1) is 0 Å². The minimum Gasteiger partial charge on any atom is -0.387 e. The van der Waals surface area contributed by atoms with Crippen LogP contribution in [0.25, 0.3) is 11.2 Å². The number of pyridine rings is 1. The zero-order valence-corrected chi connectivity index (χ0v) is 20.0. The molecule has 2 fully saturated rings. The standard InChI is InChI=1S/C24H26N8O5/c1-26-22(35)19-17(33)18(34)24(37-19)32-12-28-16-20(25)29-15(30-21(16)32)9-5-11-31(13-6-4-7-13)23(36)14-8-2-3-10-27-14/h2-3,8,10,12-13,17-19,24,33-34H,4,6-7,11H2,1H3,(H,26,35)(H2,25,29,30)/t17-,18?,19-,24+/m0/s1. The Bertz CT molecular complexity index is 1380. The topological polar surface area (TPSA) is 182 Å². The van der Waals surface area contributed by atoms with Crippen LogP contribution in [0.2, 0.25) is 0 Å². The van der Waals surface area contributed by atoms with Crippen molar-refractivity contribution < 1.29 is 24.5 Å². The van der Waals surface area contributed by atoms with Gasteiger partial charge in [0.15, 0.2) is 23.8 Å². The van der Waals surface area contributed by atoms with Crippen molar-refractivity contribution in [2.75, 3.05) is 19.3 Å². The van der Waals surface area contributed by atoms with Crippen molar-refractivity contribution >= 4 is 28.8 Å². The number of nitrogens with two attached hydrogens (primary N) is 1. The van der Waals surface area contributed by atoms with Crippen molar-refractivity contribution in [3.05, 3.63) is 42.2 Å². The number of carbonyl (C=O) groups is 2. The van der Waals surface area contributed by atoms with Crippen LogP contribution < -0.4 is 11.1 Å². The van der Waals surface area contributed by atoms with Gasteiger partial charge in [-0.25, -0.2) is 15.0 Å². The molecule has 1 aliphatic carbocycles. The van der Waals surface area contributed by atoms with Crippen molar-refractivity contribution in [2.24, 2.45) is 0 Å². The molecule has 13 heteroatoms. The third kappa shape index (κ3) is 4.57. The highest BCUT2D eigenvalue weighted by Crippen LogP contribution is 2.32. The van der Waals surface area contributed by atoms with Crippen LogP contribution >= 0.6 is 0 Å². The van der Waals surface area contributed by atoms with Crippen molar-refractivity contribution in [2.45, 2.75) is 49.8 Å². The van der Waals surface area contributed by atoms with Gasteiger partial charge in [0.2, 0.25) is 5.82 Å². The lowest BCUT2D eigenvalue weighted by Crippen LogP contribution is -2.44. The largest absolute Gasteiger partial charge is 0.387 e. The van der Waals surface area contributed by atoms with Crippen LogP contribution in [-0.4, -0.2) is 89.4 Å². The molecule has 2 amide bonds. The molecular weight excluding hydrogens is 480 g/mol. The van der Waals surface area contributed by atoms with Gasteiger partial charge in [0.1, 0.15) is 23.4 Å². The Morgan fingerprint density at radius 3 is 2.73 bits per heavy atom. The molecule has 3 aromatic rings. The van der Waals surface area contributed by atoms with Crippen molar-refractivity contribution in [1.29, 1.82) is 0 Å². The number of carbonyl (C=O) groups excluding carboxylic acids is 2. The van der Waals surface area contributed by atoms with E-state index >= 15 is 0 Å². The molecule has 4 heterocycles. The van der Waals surface area contributed by atoms with E-state index in [4.69, 9.17) is 10.5 Å². The SMILES string of the molecule is CNC(=O)[C@H]1O[C@@H](n2cnc3c(N)nc(C#CCN(C(=O)c4ccccn4)C4CCC4)nc32)C(O)[C@@H]1O. The lowest BCUT2D eigenvalue weighted by Gasteiger charge is -2.36. The number of ether oxygens (including phenoxy) is 1. The molecule has 1 unspecified atom stereocenters. The van der Waals surface area contributed by atoms with E-state index in [2.05, 4.69) is 37.1 Å². The van der Waals surface area contributed by atoms with E-state index in [1.165, 1.54) is 17.9 Å². The van der Waals surface area contributed by atoms with Crippen molar-refractivity contribution in [3.63, 3.8) is 0 Å². The minimum absolute atomic E-state index is 0.0596. The monoisotopic (exact) mass is 506 g/mol. The number of anilines is 1. The summed E-state index contributed by atoms with van der Waals surface area (Å²) >= 11 is 0. The second kappa shape index (κ2) is 10.1. The van der Waals surface area contributed by atoms with E-state index in [0.717, 1.165) is 19.3 Å². The van der Waals surface area contributed by atoms with E-state index in [-0.39, 0.29) is 41.3 Å². The Hall–Kier alpha value is -4.12. The first-order chi connectivity index (χ1) is 17.9. The molecule has 3 aromatic heterocycles. The molecule has 0 bridgehead atoms. The number of aliphatic hydroxyl groups is 2. The average molecular weight is 507 g/mol. The number of rotatable bonds is 5. The molecule has 192 valence electrons. The van der Waals surface area contributed by atoms with Gasteiger partial charge in [-0.3, -0.25) is 19.1 Å². The number of aliphatic hydroxyl groups excluding tert-OH is 2. The van der Waals surface area contributed by atoms with Gasteiger partial charge >= 0.3 is 0 Å². The summed E-state index contributed by atoms with van der Waals surface area (Å²) in [6.45, 7) is 0.158. The van der Waals surface area contributed by atoms with E-state index in [1.807, 2.05) is 0 Å². The smallest absolute Gasteiger partial charge is 0.273 e. The Labute approximate surface area is 211 Å². The third-order valence-corrected chi connectivity index (χ3v) is 6.58. The summed E-state index contributed by atoms with van der Waals surface area (Å²) in [6, 6.07) is 5.29. The van der Waals surface area contributed by atoms with Gasteiger partial charge in [0.25, 0.3) is 11.8 Å². The molecule has 0 spiro atoms. The number of fused-ring (bicyclic) bond motifs is 1. The quantitative estimate of drug-likeness (QED) is 0.320. The Morgan fingerprint density at radius 1 is 1.24 bits per heavy atom. The van der Waals surface area contributed by atoms with Crippen LogP contribution in [0.5, 0.6) is 0 Å². The summed E-state index contributed by atoms with van der Waals surface area (Å²) in [6.07, 6.45) is 0.501. The molecule has 1 aliphatic heterocycles. The van der Waals surface area contributed by atoms with E-state index in [9.17, 15) is 19.8 Å². The minimum atomic E-state index is -1.45. The van der Waals surface area contributed by atoms with Gasteiger partial charge in [0.05, 0.1) is 12.9 Å². The average Bonchev–Trinajstić information content (AvgIpc) is 3.43. The normalized spacial score (nSPS) is 23.2. The number of hydrogen-bond donors (Lipinski definition) is 4. The molecule has 5 rings (SSSR count). The number of nitrogens with zero attached hydrogens (tertiary/aromatic N) is 6. The lowest BCUT2D eigenvalue weighted by atomic mass is 9.91. The number of imidazole rings is 1. The Balaban J connectivity index is 1.40. The molecule has 4 atom stereocenters. The predicted octanol–water partition coefficient (Wildman–Crippen LogP) is -0.785. The zero-order chi connectivity index (χ0) is 26.1. The molecule has 13 nitrogen and oxygen atoms in total. The number of amides is 2. The maximum absolute atomic E-state index is 13.0. The van der Waals surface area contributed by atoms with Crippen LogP contribution in [0.3, 0.4) is 0 Å². The van der Waals surface area contributed by atoms with E-state index < -0.39 is 30.4 Å². The first kappa shape index (κ1) is 24.6. The molecule has 37 heavy (non-hydrogen) atoms. The summed E-state index contributed by atoms with van der Waals surface area (Å²) in [4.78, 5) is 43.7. The van der Waals surface area contributed by atoms with Gasteiger partial charge in [0, 0.05) is 19.3 Å². The highest BCUT2D eigenvalue weighted by atomic mass is 16.6. The van der Waals surface area contributed by atoms with Gasteiger partial charge in [-0.05, 0) is 37.3 Å². The Kier molecular flexibility index (Phi) is 6.70. The molecule has 2 aliphatic rings. The molecule has 0 radical (unpaired) electrons. The Morgan fingerprint density at radius 2 is 2.05 bits per heavy atom. The number of aromatic nitrogens is 5. The zero-order valence-electron chi connectivity index (χ0n) is 20.0. The summed E-state index contributed by atoms with van der Waals surface area (Å²) in [5.74, 6) is 5.20. The van der Waals surface area contributed by atoms with Gasteiger partial charge in [-0.2, -0.15) is 0 Å². The van der Waals surface area contributed by atoms with Crippen LogP contribution in [-0.2, 0) is 9.53 Å². The van der Waals surface area contributed by atoms with Crippen molar-refractivity contribution in [3.8, 4) is 11.8 Å². The number of nitrogen functional groups attached to an aromatic ring is 1. The molecule has 1 saturated carbocycles. The molecular formula is C24H26N8O5. The summed E-state index contributed by atoms with van der Waals surface area (Å²) < 4.78 is 7.00. The summed E-state index contributed by atoms with van der Waals surface area (Å²) in [7, 11) is 1.40. The summed E-state index contributed by atoms with van der Waals surface area (Å²) in [5, 5.41) is 23.2. The number of hydrogen-bond acceptors (Lipinski definition) is 10. The highest BCUT2D eigenvalue weighted by Gasteiger charge is 2.47. The van der Waals surface area contributed by atoms with E-state index in [1.54, 1.807) is 29.3 Å². The van der Waals surface area contributed by atoms with Gasteiger partial charge in [-0.1, -0.05) is 12.0 Å². The number of likely N-dealkylation sites (N-methyl/N-ethyl adjacent to an activating group) is 1. The second-order valence-corrected chi connectivity index (χ2v) is 8.83. The fourth-order valence-electron chi connectivity index (χ4n) is 4.33. The number of nitrogens with one attached hydrogen (secondary N) is 1. The van der Waals surface area contributed by atoms with Crippen LogP contribution in [0.4, 0.5) is 5.82 Å². The first-order valence-electron chi connectivity index (χ1n) is 11.8. The van der Waals surface area contributed by atoms with Crippen LogP contribution in [0.1, 0.15) is 41.8 Å². The van der Waals surface area contributed by atoms with Crippen LogP contribution in [0.15, 0.2) is 30.7 Å². The van der Waals surface area contributed by atoms with Gasteiger partial charge < -0.3 is 30.9 Å². The fraction of sp³-hybridized carbons (Fsp3) is 0.417.